The maximum Gasteiger partial charge on any atom is 0.227 e. The monoisotopic (exact) mass is 276 g/mol. The summed E-state index contributed by atoms with van der Waals surface area (Å²) < 4.78 is 21.9. The van der Waals surface area contributed by atoms with Gasteiger partial charge in [0.2, 0.25) is 5.91 Å². The number of amides is 1. The van der Waals surface area contributed by atoms with Gasteiger partial charge in [-0.05, 0) is 25.8 Å². The molecule has 1 heterocycles. The zero-order valence-electron chi connectivity index (χ0n) is 11.3. The number of carbonyl (C=O) groups excluding carboxylic acids is 1. The third-order valence-electron chi connectivity index (χ3n) is 3.43. The quantitative estimate of drug-likeness (QED) is 0.657. The van der Waals surface area contributed by atoms with Crippen molar-refractivity contribution in [2.24, 2.45) is 5.41 Å². The van der Waals surface area contributed by atoms with Crippen molar-refractivity contribution in [3.63, 3.8) is 0 Å². The number of hydrogen-bond acceptors (Lipinski definition) is 4. The summed E-state index contributed by atoms with van der Waals surface area (Å²) in [6, 6.07) is 0. The molecule has 1 aliphatic rings. The lowest BCUT2D eigenvalue weighted by molar-refractivity contribution is -0.130. The Labute approximate surface area is 110 Å². The van der Waals surface area contributed by atoms with Gasteiger partial charge in [-0.25, -0.2) is 8.42 Å². The standard InChI is InChI=1S/C12H24N2O3S/c1-3-5-12(6-8-13-10-12)11(15)14-7-4-9-18(2,16)17/h13H,3-10H2,1-2H3,(H,14,15). The SMILES string of the molecule is CCCC1(C(=O)NCCCS(C)(=O)=O)CCNC1. The second-order valence-electron chi connectivity index (χ2n) is 5.20. The topological polar surface area (TPSA) is 75.3 Å². The van der Waals surface area contributed by atoms with Crippen LogP contribution in [-0.2, 0) is 14.6 Å². The molecule has 1 fully saturated rings. The van der Waals surface area contributed by atoms with Gasteiger partial charge >= 0.3 is 0 Å². The molecule has 18 heavy (non-hydrogen) atoms. The molecule has 1 amide bonds. The first-order valence-corrected chi connectivity index (χ1v) is 8.62. The molecular weight excluding hydrogens is 252 g/mol. The molecule has 0 radical (unpaired) electrons. The fourth-order valence-electron chi connectivity index (χ4n) is 2.47. The van der Waals surface area contributed by atoms with E-state index in [0.29, 0.717) is 13.0 Å². The van der Waals surface area contributed by atoms with Crippen molar-refractivity contribution < 1.29 is 13.2 Å². The molecule has 2 N–H and O–H groups in total. The van der Waals surface area contributed by atoms with E-state index in [9.17, 15) is 13.2 Å². The predicted molar refractivity (Wildman–Crippen MR) is 72.2 cm³/mol. The molecule has 0 aromatic carbocycles. The van der Waals surface area contributed by atoms with Gasteiger partial charge in [0.1, 0.15) is 9.84 Å². The van der Waals surface area contributed by atoms with E-state index in [1.807, 2.05) is 0 Å². The van der Waals surface area contributed by atoms with E-state index in [0.717, 1.165) is 32.4 Å². The zero-order valence-corrected chi connectivity index (χ0v) is 12.1. The Bertz CT molecular complexity index is 373. The average molecular weight is 276 g/mol. The van der Waals surface area contributed by atoms with Crippen LogP contribution in [0.1, 0.15) is 32.6 Å². The Morgan fingerprint density at radius 2 is 2.17 bits per heavy atom. The van der Waals surface area contributed by atoms with E-state index < -0.39 is 9.84 Å². The van der Waals surface area contributed by atoms with E-state index in [1.54, 1.807) is 0 Å². The fourth-order valence-corrected chi connectivity index (χ4v) is 3.14. The van der Waals surface area contributed by atoms with Crippen molar-refractivity contribution in [1.29, 1.82) is 0 Å². The van der Waals surface area contributed by atoms with Gasteiger partial charge in [0.25, 0.3) is 0 Å². The maximum atomic E-state index is 12.2. The normalized spacial score (nSPS) is 24.1. The second kappa shape index (κ2) is 6.52. The molecule has 1 aliphatic heterocycles. The molecule has 106 valence electrons. The summed E-state index contributed by atoms with van der Waals surface area (Å²) in [5, 5.41) is 6.12. The molecule has 0 aliphatic carbocycles. The van der Waals surface area contributed by atoms with Crippen LogP contribution in [0, 0.1) is 5.41 Å². The van der Waals surface area contributed by atoms with Gasteiger partial charge in [0.15, 0.2) is 0 Å². The van der Waals surface area contributed by atoms with Crippen LogP contribution < -0.4 is 10.6 Å². The summed E-state index contributed by atoms with van der Waals surface area (Å²) in [6.45, 7) is 4.14. The highest BCUT2D eigenvalue weighted by Crippen LogP contribution is 2.31. The summed E-state index contributed by atoms with van der Waals surface area (Å²) >= 11 is 0. The molecule has 6 heteroatoms. The van der Waals surface area contributed by atoms with Crippen LogP contribution >= 0.6 is 0 Å². The molecule has 0 bridgehead atoms. The summed E-state index contributed by atoms with van der Waals surface area (Å²) in [4.78, 5) is 12.2. The lowest BCUT2D eigenvalue weighted by atomic mass is 9.81. The van der Waals surface area contributed by atoms with Gasteiger partial charge < -0.3 is 10.6 Å². The van der Waals surface area contributed by atoms with Crippen molar-refractivity contribution in [3.05, 3.63) is 0 Å². The Balaban J connectivity index is 2.39. The highest BCUT2D eigenvalue weighted by molar-refractivity contribution is 7.90. The van der Waals surface area contributed by atoms with Crippen LogP contribution in [0.5, 0.6) is 0 Å². The van der Waals surface area contributed by atoms with Gasteiger partial charge in [0, 0.05) is 19.3 Å². The van der Waals surface area contributed by atoms with Crippen molar-refractivity contribution >= 4 is 15.7 Å². The van der Waals surface area contributed by atoms with Crippen LogP contribution in [0.3, 0.4) is 0 Å². The van der Waals surface area contributed by atoms with Crippen molar-refractivity contribution in [1.82, 2.24) is 10.6 Å². The van der Waals surface area contributed by atoms with Gasteiger partial charge in [-0.15, -0.1) is 0 Å². The maximum absolute atomic E-state index is 12.2. The van der Waals surface area contributed by atoms with Crippen molar-refractivity contribution in [2.75, 3.05) is 31.6 Å². The van der Waals surface area contributed by atoms with Crippen LogP contribution in [-0.4, -0.2) is 46.0 Å². The zero-order chi connectivity index (χ0) is 13.6. The minimum Gasteiger partial charge on any atom is -0.356 e. The molecular formula is C12H24N2O3S. The third kappa shape index (κ3) is 4.57. The lowest BCUT2D eigenvalue weighted by Crippen LogP contribution is -2.43. The number of carbonyl (C=O) groups is 1. The first-order chi connectivity index (χ1) is 8.40. The van der Waals surface area contributed by atoms with Crippen LogP contribution in [0.4, 0.5) is 0 Å². The highest BCUT2D eigenvalue weighted by Gasteiger charge is 2.39. The molecule has 1 saturated heterocycles. The van der Waals surface area contributed by atoms with Crippen molar-refractivity contribution in [3.8, 4) is 0 Å². The van der Waals surface area contributed by atoms with Crippen LogP contribution in [0.25, 0.3) is 0 Å². The third-order valence-corrected chi connectivity index (χ3v) is 4.46. The first-order valence-electron chi connectivity index (χ1n) is 6.56. The number of nitrogens with one attached hydrogen (secondary N) is 2. The van der Waals surface area contributed by atoms with Crippen molar-refractivity contribution in [2.45, 2.75) is 32.6 Å². The summed E-state index contributed by atoms with van der Waals surface area (Å²) in [5.74, 6) is 0.203. The largest absolute Gasteiger partial charge is 0.356 e. The van der Waals surface area contributed by atoms with E-state index in [-0.39, 0.29) is 17.1 Å². The van der Waals surface area contributed by atoms with Gasteiger partial charge in [-0.3, -0.25) is 4.79 Å². The van der Waals surface area contributed by atoms with E-state index in [4.69, 9.17) is 0 Å². The summed E-state index contributed by atoms with van der Waals surface area (Å²) in [6.07, 6.45) is 4.45. The number of sulfone groups is 1. The smallest absolute Gasteiger partial charge is 0.227 e. The Morgan fingerprint density at radius 1 is 1.44 bits per heavy atom. The summed E-state index contributed by atoms with van der Waals surface area (Å²) in [7, 11) is -2.93. The average Bonchev–Trinajstić information content (AvgIpc) is 2.73. The molecule has 1 atom stereocenters. The Hall–Kier alpha value is -0.620. The molecule has 0 spiro atoms. The number of rotatable bonds is 7. The van der Waals surface area contributed by atoms with E-state index in [2.05, 4.69) is 17.6 Å². The number of hydrogen-bond donors (Lipinski definition) is 2. The predicted octanol–water partition coefficient (Wildman–Crippen LogP) is 0.317. The highest BCUT2D eigenvalue weighted by atomic mass is 32.2. The first kappa shape index (κ1) is 15.4. The van der Waals surface area contributed by atoms with E-state index >= 15 is 0 Å². The van der Waals surface area contributed by atoms with E-state index in [1.165, 1.54) is 6.26 Å². The molecule has 5 nitrogen and oxygen atoms in total. The summed E-state index contributed by atoms with van der Waals surface area (Å²) in [5.41, 5.74) is -0.278. The lowest BCUT2D eigenvalue weighted by Gasteiger charge is -2.26. The van der Waals surface area contributed by atoms with Crippen LogP contribution in [0.2, 0.25) is 0 Å². The molecule has 0 saturated carbocycles. The fraction of sp³-hybridized carbons (Fsp3) is 0.917. The second-order valence-corrected chi connectivity index (χ2v) is 7.46. The molecule has 1 rings (SSSR count). The minimum absolute atomic E-state index is 0.0721. The van der Waals surface area contributed by atoms with Crippen LogP contribution in [0.15, 0.2) is 0 Å². The Kier molecular flexibility index (Phi) is 5.59. The minimum atomic E-state index is -2.93. The van der Waals surface area contributed by atoms with Gasteiger partial charge in [-0.2, -0.15) is 0 Å². The van der Waals surface area contributed by atoms with Gasteiger partial charge in [-0.1, -0.05) is 13.3 Å². The molecule has 0 aromatic rings. The molecule has 1 unspecified atom stereocenters. The van der Waals surface area contributed by atoms with Gasteiger partial charge in [0.05, 0.1) is 11.2 Å². The Morgan fingerprint density at radius 3 is 2.67 bits per heavy atom. The molecule has 0 aromatic heterocycles.